The molecule has 1 aromatic carbocycles. The summed E-state index contributed by atoms with van der Waals surface area (Å²) in [4.78, 5) is 3.55. The van der Waals surface area contributed by atoms with Crippen molar-refractivity contribution < 1.29 is 0 Å². The number of aromatic nitrogens is 1. The minimum atomic E-state index is 0. The van der Waals surface area contributed by atoms with E-state index in [2.05, 4.69) is 41.5 Å². The molecule has 0 fully saturated rings. The molecule has 0 spiro atoms. The molecule has 16 heavy (non-hydrogen) atoms. The largest absolute Gasteiger partial charge is 0.357 e. The van der Waals surface area contributed by atoms with E-state index in [0.29, 0.717) is 6.04 Å². The minimum absolute atomic E-state index is 0. The molecule has 1 atom stereocenters. The van der Waals surface area contributed by atoms with Gasteiger partial charge in [0, 0.05) is 22.6 Å². The highest BCUT2D eigenvalue weighted by Gasteiger charge is 2.21. The maximum atomic E-state index is 3.55. The van der Waals surface area contributed by atoms with Crippen LogP contribution in [-0.2, 0) is 6.42 Å². The van der Waals surface area contributed by atoms with Crippen molar-refractivity contribution in [1.29, 1.82) is 0 Å². The number of hydrogen-bond acceptors (Lipinski definition) is 1. The lowest BCUT2D eigenvalue weighted by atomic mass is 9.98. The fraction of sp³-hybridized carbons (Fsp3) is 0.385. The first-order chi connectivity index (χ1) is 7.40. The molecular weight excluding hydrogens is 220 g/mol. The second-order valence-electron chi connectivity index (χ2n) is 4.23. The minimum Gasteiger partial charge on any atom is -0.357 e. The maximum Gasteiger partial charge on any atom is 0.0473 e. The summed E-state index contributed by atoms with van der Waals surface area (Å²) in [5, 5.41) is 4.96. The zero-order valence-corrected chi connectivity index (χ0v) is 10.2. The van der Waals surface area contributed by atoms with Crippen molar-refractivity contribution in [2.24, 2.45) is 0 Å². The Labute approximate surface area is 102 Å². The highest BCUT2D eigenvalue weighted by Crippen LogP contribution is 2.30. The van der Waals surface area contributed by atoms with Crippen molar-refractivity contribution in [2.45, 2.75) is 25.8 Å². The predicted molar refractivity (Wildman–Crippen MR) is 70.3 cm³/mol. The molecule has 0 saturated carbocycles. The van der Waals surface area contributed by atoms with Gasteiger partial charge in [-0.3, -0.25) is 0 Å². The number of H-pyrrole nitrogens is 1. The zero-order valence-electron chi connectivity index (χ0n) is 9.42. The lowest BCUT2D eigenvalue weighted by molar-refractivity contribution is 0.485. The normalized spacial score (nSPS) is 19.2. The van der Waals surface area contributed by atoms with E-state index in [1.165, 1.54) is 22.2 Å². The van der Waals surface area contributed by atoms with Crippen LogP contribution in [0.4, 0.5) is 0 Å². The molecule has 2 N–H and O–H groups in total. The number of aromatic amines is 1. The lowest BCUT2D eigenvalue weighted by Crippen LogP contribution is -2.29. The molecular formula is C13H17ClN2. The maximum absolute atomic E-state index is 3.55. The van der Waals surface area contributed by atoms with Crippen molar-refractivity contribution >= 4 is 23.3 Å². The molecule has 0 amide bonds. The van der Waals surface area contributed by atoms with Crippen molar-refractivity contribution in [3.8, 4) is 0 Å². The van der Waals surface area contributed by atoms with E-state index >= 15 is 0 Å². The van der Waals surface area contributed by atoms with Crippen LogP contribution < -0.4 is 5.32 Å². The van der Waals surface area contributed by atoms with Crippen LogP contribution in [0.3, 0.4) is 0 Å². The summed E-state index contributed by atoms with van der Waals surface area (Å²) in [7, 11) is 0. The average molecular weight is 237 g/mol. The average Bonchev–Trinajstić information content (AvgIpc) is 2.67. The van der Waals surface area contributed by atoms with E-state index in [0.717, 1.165) is 19.4 Å². The van der Waals surface area contributed by atoms with Gasteiger partial charge in [-0.05, 0) is 31.0 Å². The van der Waals surface area contributed by atoms with Crippen LogP contribution >= 0.6 is 12.4 Å². The summed E-state index contributed by atoms with van der Waals surface area (Å²) >= 11 is 0. The Balaban J connectivity index is 0.000000963. The number of halogens is 1. The monoisotopic (exact) mass is 236 g/mol. The molecule has 2 aromatic rings. The summed E-state index contributed by atoms with van der Waals surface area (Å²) in [6.45, 7) is 3.34. The predicted octanol–water partition coefficient (Wildman–Crippen LogP) is 3.19. The highest BCUT2D eigenvalue weighted by molar-refractivity contribution is 5.85. The third-order valence-electron chi connectivity index (χ3n) is 3.37. The number of fused-ring (bicyclic) bond motifs is 3. The molecule has 0 aliphatic carbocycles. The van der Waals surface area contributed by atoms with Gasteiger partial charge in [-0.2, -0.15) is 0 Å². The van der Waals surface area contributed by atoms with E-state index < -0.39 is 0 Å². The van der Waals surface area contributed by atoms with Gasteiger partial charge in [0.15, 0.2) is 0 Å². The zero-order chi connectivity index (χ0) is 10.3. The van der Waals surface area contributed by atoms with Gasteiger partial charge < -0.3 is 10.3 Å². The molecule has 3 rings (SSSR count). The Hall–Kier alpha value is -0.990. The number of hydrogen-bond donors (Lipinski definition) is 2. The number of rotatable bonds is 1. The number of benzene rings is 1. The van der Waals surface area contributed by atoms with Crippen LogP contribution in [0.5, 0.6) is 0 Å². The van der Waals surface area contributed by atoms with Gasteiger partial charge in [0.2, 0.25) is 0 Å². The summed E-state index contributed by atoms with van der Waals surface area (Å²) in [5.41, 5.74) is 4.21. The lowest BCUT2D eigenvalue weighted by Gasteiger charge is -2.22. The van der Waals surface area contributed by atoms with Gasteiger partial charge in [-0.25, -0.2) is 0 Å². The first kappa shape index (κ1) is 11.5. The second-order valence-corrected chi connectivity index (χ2v) is 4.23. The van der Waals surface area contributed by atoms with Gasteiger partial charge in [0.25, 0.3) is 0 Å². The standard InChI is InChI=1S/C13H16N2.ClH/c1-2-11-13-10(7-8-14-11)9-5-3-4-6-12(9)15-13;/h3-6,11,14-15H,2,7-8H2,1H3;1H. The molecule has 1 unspecified atom stereocenters. The SMILES string of the molecule is CCC1NCCc2c1[nH]c1ccccc21.Cl. The third kappa shape index (κ3) is 1.62. The summed E-state index contributed by atoms with van der Waals surface area (Å²) < 4.78 is 0. The summed E-state index contributed by atoms with van der Waals surface area (Å²) in [5.74, 6) is 0. The van der Waals surface area contributed by atoms with Crippen LogP contribution in [0.2, 0.25) is 0 Å². The molecule has 1 aromatic heterocycles. The van der Waals surface area contributed by atoms with Crippen molar-refractivity contribution in [1.82, 2.24) is 10.3 Å². The molecule has 1 aliphatic heterocycles. The van der Waals surface area contributed by atoms with Crippen LogP contribution in [0, 0.1) is 0 Å². The highest BCUT2D eigenvalue weighted by atomic mass is 35.5. The first-order valence-corrected chi connectivity index (χ1v) is 5.73. The Kier molecular flexibility index (Phi) is 3.22. The molecule has 0 saturated heterocycles. The van der Waals surface area contributed by atoms with Gasteiger partial charge >= 0.3 is 0 Å². The molecule has 1 aliphatic rings. The topological polar surface area (TPSA) is 27.8 Å². The van der Waals surface area contributed by atoms with Crippen molar-refractivity contribution in [3.63, 3.8) is 0 Å². The Morgan fingerprint density at radius 3 is 2.94 bits per heavy atom. The van der Waals surface area contributed by atoms with Gasteiger partial charge in [0.05, 0.1) is 0 Å². The van der Waals surface area contributed by atoms with E-state index in [1.54, 1.807) is 0 Å². The molecule has 0 bridgehead atoms. The van der Waals surface area contributed by atoms with Gasteiger partial charge in [0.1, 0.15) is 0 Å². The Bertz CT molecular complexity index is 490. The molecule has 2 heterocycles. The Morgan fingerprint density at radius 1 is 1.31 bits per heavy atom. The number of para-hydroxylation sites is 1. The van der Waals surface area contributed by atoms with E-state index in [9.17, 15) is 0 Å². The fourth-order valence-corrected chi connectivity index (χ4v) is 2.61. The van der Waals surface area contributed by atoms with Crippen LogP contribution in [-0.4, -0.2) is 11.5 Å². The van der Waals surface area contributed by atoms with Crippen LogP contribution in [0.15, 0.2) is 24.3 Å². The number of nitrogens with one attached hydrogen (secondary N) is 2. The van der Waals surface area contributed by atoms with Crippen LogP contribution in [0.1, 0.15) is 30.6 Å². The smallest absolute Gasteiger partial charge is 0.0473 e. The fourth-order valence-electron chi connectivity index (χ4n) is 2.61. The Morgan fingerprint density at radius 2 is 2.12 bits per heavy atom. The first-order valence-electron chi connectivity index (χ1n) is 5.73. The molecule has 0 radical (unpaired) electrons. The van der Waals surface area contributed by atoms with Crippen LogP contribution in [0.25, 0.3) is 10.9 Å². The van der Waals surface area contributed by atoms with E-state index in [4.69, 9.17) is 0 Å². The van der Waals surface area contributed by atoms with E-state index in [1.807, 2.05) is 0 Å². The van der Waals surface area contributed by atoms with Gasteiger partial charge in [-0.1, -0.05) is 25.1 Å². The summed E-state index contributed by atoms with van der Waals surface area (Å²) in [6.07, 6.45) is 2.30. The van der Waals surface area contributed by atoms with Crippen molar-refractivity contribution in [3.05, 3.63) is 35.5 Å². The summed E-state index contributed by atoms with van der Waals surface area (Å²) in [6, 6.07) is 9.13. The molecule has 2 nitrogen and oxygen atoms in total. The quantitative estimate of drug-likeness (QED) is 0.782. The third-order valence-corrected chi connectivity index (χ3v) is 3.37. The molecule has 3 heteroatoms. The van der Waals surface area contributed by atoms with Gasteiger partial charge in [-0.15, -0.1) is 12.4 Å². The van der Waals surface area contributed by atoms with E-state index in [-0.39, 0.29) is 12.4 Å². The molecule has 86 valence electrons. The second kappa shape index (κ2) is 4.48. The van der Waals surface area contributed by atoms with Crippen molar-refractivity contribution in [2.75, 3.05) is 6.54 Å².